The third kappa shape index (κ3) is 46.2. The highest BCUT2D eigenvalue weighted by Crippen LogP contribution is 2.43. The number of carboxylic acids is 1. The number of unbranched alkanes of at least 4 members (excludes halogenated alkanes) is 29. The van der Waals surface area contributed by atoms with Crippen molar-refractivity contribution in [2.45, 2.75) is 257 Å². The number of hydrogen-bond donors (Lipinski definition) is 4. The molecule has 0 aliphatic rings. The van der Waals surface area contributed by atoms with Gasteiger partial charge in [0.05, 0.1) is 13.2 Å². The van der Waals surface area contributed by atoms with Crippen LogP contribution in [0.3, 0.4) is 0 Å². The molecule has 0 radical (unpaired) electrons. The van der Waals surface area contributed by atoms with Crippen molar-refractivity contribution in [1.29, 1.82) is 0 Å². The number of rotatable bonds is 49. The van der Waals surface area contributed by atoms with Crippen molar-refractivity contribution in [3.8, 4) is 0 Å². The normalized spacial score (nSPS) is 13.8. The minimum absolute atomic E-state index is 0.141. The number of phosphoric ester groups is 1. The van der Waals surface area contributed by atoms with Crippen molar-refractivity contribution in [2.24, 2.45) is 0 Å². The maximum absolute atomic E-state index is 12.4. The van der Waals surface area contributed by atoms with Crippen molar-refractivity contribution in [2.75, 3.05) is 19.8 Å². The molecule has 1 amide bonds. The number of carbonyl (C=O) groups excluding carboxylic acids is 2. The number of aliphatic hydroxyl groups excluding tert-OH is 1. The average Bonchev–Trinajstić information content (AvgIpc) is 3.27. The molecular formula is C52H96NO10P. The Morgan fingerprint density at radius 3 is 1.31 bits per heavy atom. The van der Waals surface area contributed by atoms with Crippen molar-refractivity contribution < 1.29 is 47.8 Å². The number of carboxylic acid groups (broad SMARTS) is 1. The zero-order chi connectivity index (χ0) is 47.0. The topological polar surface area (TPSA) is 169 Å². The Morgan fingerprint density at radius 2 is 0.859 bits per heavy atom. The summed E-state index contributed by atoms with van der Waals surface area (Å²) >= 11 is 0. The Hall–Kier alpha value is -2.30. The molecule has 3 unspecified atom stereocenters. The van der Waals surface area contributed by atoms with Crippen LogP contribution in [0.4, 0.5) is 0 Å². The molecule has 4 N–H and O–H groups in total. The maximum Gasteiger partial charge on any atom is 0.472 e. The van der Waals surface area contributed by atoms with E-state index in [0.717, 1.165) is 57.8 Å². The predicted molar refractivity (Wildman–Crippen MR) is 263 cm³/mol. The minimum Gasteiger partial charge on any atom is -0.480 e. The molecule has 3 atom stereocenters. The molecule has 0 saturated heterocycles. The van der Waals surface area contributed by atoms with Gasteiger partial charge in [-0.25, -0.2) is 9.36 Å². The molecule has 0 saturated carbocycles. The molecule has 0 aromatic rings. The van der Waals surface area contributed by atoms with Gasteiger partial charge in [-0.3, -0.25) is 18.6 Å². The van der Waals surface area contributed by atoms with Gasteiger partial charge in [0.25, 0.3) is 0 Å². The number of carbonyl (C=O) groups is 3. The summed E-state index contributed by atoms with van der Waals surface area (Å²) < 4.78 is 27.0. The van der Waals surface area contributed by atoms with E-state index in [1.165, 1.54) is 148 Å². The first-order chi connectivity index (χ1) is 31.1. The van der Waals surface area contributed by atoms with Gasteiger partial charge >= 0.3 is 19.8 Å². The third-order valence-corrected chi connectivity index (χ3v) is 12.4. The monoisotopic (exact) mass is 926 g/mol. The predicted octanol–water partition coefficient (Wildman–Crippen LogP) is 14.3. The minimum atomic E-state index is -4.76. The quantitative estimate of drug-likeness (QED) is 0.0199. The van der Waals surface area contributed by atoms with Gasteiger partial charge in [0.1, 0.15) is 12.7 Å². The lowest BCUT2D eigenvalue weighted by atomic mass is 10.0. The van der Waals surface area contributed by atoms with E-state index >= 15 is 0 Å². The molecule has 0 bridgehead atoms. The highest BCUT2D eigenvalue weighted by molar-refractivity contribution is 7.47. The molecule has 0 aliphatic carbocycles. The van der Waals surface area contributed by atoms with Gasteiger partial charge in [0.2, 0.25) is 5.91 Å². The Kier molecular flexibility index (Phi) is 45.5. The Morgan fingerprint density at radius 1 is 0.500 bits per heavy atom. The lowest BCUT2D eigenvalue weighted by molar-refractivity contribution is -0.147. The number of phosphoric acid groups is 1. The maximum atomic E-state index is 12.4. The summed E-state index contributed by atoms with van der Waals surface area (Å²) in [7, 11) is -4.76. The largest absolute Gasteiger partial charge is 0.480 e. The van der Waals surface area contributed by atoms with E-state index in [2.05, 4.69) is 55.6 Å². The molecule has 64 heavy (non-hydrogen) atoms. The fourth-order valence-electron chi connectivity index (χ4n) is 7.34. The van der Waals surface area contributed by atoms with E-state index in [-0.39, 0.29) is 12.8 Å². The van der Waals surface area contributed by atoms with E-state index in [9.17, 15) is 34.1 Å². The summed E-state index contributed by atoms with van der Waals surface area (Å²) in [6.45, 7) is 2.60. The summed E-state index contributed by atoms with van der Waals surface area (Å²) in [5, 5.41) is 21.9. The highest BCUT2D eigenvalue weighted by Gasteiger charge is 2.28. The van der Waals surface area contributed by atoms with Gasteiger partial charge in [-0.1, -0.05) is 198 Å². The van der Waals surface area contributed by atoms with Gasteiger partial charge < -0.3 is 25.2 Å². The molecule has 0 aromatic heterocycles. The number of aliphatic carboxylic acids is 1. The van der Waals surface area contributed by atoms with E-state index in [1.54, 1.807) is 0 Å². The number of hydrogen-bond acceptors (Lipinski definition) is 8. The first kappa shape index (κ1) is 61.7. The standard InChI is InChI=1S/C52H96NO10P/c1-3-5-7-9-11-13-15-17-19-21-23-24-26-28-30-32-34-36-38-40-42-44-51(56)61-45-48(54)46-62-64(59,60)63-47-49(52(57)58)53-50(55)43-41-39-37-35-33-31-29-27-25-22-20-18-16-14-12-10-8-6-4-2/h12,14,17-20,48-49,54H,3-11,13,15-16,21-47H2,1-2H3,(H,53,55)(H,57,58)(H,59,60)/b14-12-,19-17+,20-18-. The van der Waals surface area contributed by atoms with Crippen LogP contribution in [-0.2, 0) is 32.7 Å². The highest BCUT2D eigenvalue weighted by atomic mass is 31.2. The summed E-state index contributed by atoms with van der Waals surface area (Å²) in [4.78, 5) is 46.1. The number of amides is 1. The Bertz CT molecular complexity index is 1220. The van der Waals surface area contributed by atoms with E-state index in [0.29, 0.717) is 12.8 Å². The van der Waals surface area contributed by atoms with Crippen LogP contribution < -0.4 is 5.32 Å². The smallest absolute Gasteiger partial charge is 0.472 e. The van der Waals surface area contributed by atoms with Gasteiger partial charge in [0, 0.05) is 12.8 Å². The third-order valence-electron chi connectivity index (χ3n) is 11.4. The second-order valence-corrected chi connectivity index (χ2v) is 19.2. The van der Waals surface area contributed by atoms with Crippen LogP contribution in [0.5, 0.6) is 0 Å². The van der Waals surface area contributed by atoms with Crippen LogP contribution in [0.1, 0.15) is 245 Å². The lowest BCUT2D eigenvalue weighted by Gasteiger charge is -2.18. The first-order valence-corrected chi connectivity index (χ1v) is 27.5. The number of allylic oxidation sites excluding steroid dienone is 6. The van der Waals surface area contributed by atoms with Crippen LogP contribution >= 0.6 is 7.82 Å². The number of ether oxygens (including phenoxy) is 1. The summed E-state index contributed by atoms with van der Waals surface area (Å²) in [6.07, 6.45) is 53.0. The molecule has 0 aromatic carbocycles. The second-order valence-electron chi connectivity index (χ2n) is 17.7. The SMILES string of the molecule is CCCCC/C=C\C/C=C\CCCCCCCCCCCC(=O)NC(COP(=O)(O)OCC(O)COC(=O)CCCCCCCCCCCCC/C=C/CCCCCCCC)C(=O)O. The molecule has 0 fully saturated rings. The van der Waals surface area contributed by atoms with Crippen molar-refractivity contribution in [1.82, 2.24) is 5.32 Å². The van der Waals surface area contributed by atoms with Crippen molar-refractivity contribution in [3.63, 3.8) is 0 Å². The average molecular weight is 926 g/mol. The van der Waals surface area contributed by atoms with Gasteiger partial charge in [0.15, 0.2) is 6.04 Å². The number of nitrogens with one attached hydrogen (secondary N) is 1. The summed E-state index contributed by atoms with van der Waals surface area (Å²) in [5.41, 5.74) is 0. The summed E-state index contributed by atoms with van der Waals surface area (Å²) in [5.74, 6) is -2.37. The fourth-order valence-corrected chi connectivity index (χ4v) is 8.11. The molecular weight excluding hydrogens is 830 g/mol. The number of esters is 1. The van der Waals surface area contributed by atoms with Crippen molar-refractivity contribution in [3.05, 3.63) is 36.5 Å². The van der Waals surface area contributed by atoms with Crippen LogP contribution in [0, 0.1) is 0 Å². The zero-order valence-corrected chi connectivity index (χ0v) is 41.7. The molecule has 11 nitrogen and oxygen atoms in total. The second kappa shape index (κ2) is 47.2. The Labute approximate surface area is 391 Å². The van der Waals surface area contributed by atoms with Crippen LogP contribution in [0.15, 0.2) is 36.5 Å². The molecule has 0 heterocycles. The van der Waals surface area contributed by atoms with E-state index in [1.807, 2.05) is 0 Å². The van der Waals surface area contributed by atoms with Gasteiger partial charge in [-0.2, -0.15) is 0 Å². The van der Waals surface area contributed by atoms with Crippen LogP contribution in [0.2, 0.25) is 0 Å². The molecule has 0 rings (SSSR count). The van der Waals surface area contributed by atoms with Gasteiger partial charge in [-0.15, -0.1) is 0 Å². The zero-order valence-electron chi connectivity index (χ0n) is 40.8. The van der Waals surface area contributed by atoms with Crippen LogP contribution in [0.25, 0.3) is 0 Å². The molecule has 12 heteroatoms. The van der Waals surface area contributed by atoms with Crippen LogP contribution in [-0.4, -0.2) is 64.9 Å². The van der Waals surface area contributed by atoms with E-state index < -0.39 is 57.6 Å². The Balaban J connectivity index is 3.81. The summed E-state index contributed by atoms with van der Waals surface area (Å²) in [6, 6.07) is -1.55. The first-order valence-electron chi connectivity index (χ1n) is 26.0. The number of aliphatic hydroxyl groups is 1. The fraction of sp³-hybridized carbons (Fsp3) is 0.827. The van der Waals surface area contributed by atoms with Gasteiger partial charge in [-0.05, 0) is 70.6 Å². The molecule has 374 valence electrons. The van der Waals surface area contributed by atoms with Crippen molar-refractivity contribution >= 4 is 25.7 Å². The molecule has 0 aliphatic heterocycles. The molecule has 0 spiro atoms. The van der Waals surface area contributed by atoms with E-state index in [4.69, 9.17) is 13.8 Å². The lowest BCUT2D eigenvalue weighted by Crippen LogP contribution is -2.43.